The second-order valence-corrected chi connectivity index (χ2v) is 6.82. The lowest BCUT2D eigenvalue weighted by Gasteiger charge is -2.20. The normalized spacial score (nSPS) is 16.4. The van der Waals surface area contributed by atoms with Crippen molar-refractivity contribution in [2.75, 3.05) is 17.9 Å². The first kappa shape index (κ1) is 14.9. The maximum atomic E-state index is 12.2. The summed E-state index contributed by atoms with van der Waals surface area (Å²) in [7, 11) is -3.60. The first-order valence-electron chi connectivity index (χ1n) is 7.13. The molecule has 0 atom stereocenters. The predicted molar refractivity (Wildman–Crippen MR) is 82.1 cm³/mol. The number of hydrogen-bond donors (Lipinski definition) is 1. The van der Waals surface area contributed by atoms with Gasteiger partial charge in [0, 0.05) is 19.1 Å². The van der Waals surface area contributed by atoms with Crippen molar-refractivity contribution in [1.82, 2.24) is 9.97 Å². The highest BCUT2D eigenvalue weighted by molar-refractivity contribution is 7.92. The lowest BCUT2D eigenvalue weighted by atomic mass is 10.00. The largest absolute Gasteiger partial charge is 0.381 e. The molecule has 0 bridgehead atoms. The fourth-order valence-corrected chi connectivity index (χ4v) is 3.42. The molecule has 1 aliphatic heterocycles. The highest BCUT2D eigenvalue weighted by Gasteiger charge is 2.19. The number of hydrogen-bond acceptors (Lipinski definition) is 5. The van der Waals surface area contributed by atoms with E-state index in [0.717, 1.165) is 31.9 Å². The molecule has 2 aromatic rings. The maximum absolute atomic E-state index is 12.2. The SMILES string of the molecule is O=S(=O)(Nc1cnc(C2CCOCC2)nc1)c1ccccc1. The third-order valence-electron chi connectivity index (χ3n) is 3.56. The summed E-state index contributed by atoms with van der Waals surface area (Å²) in [5, 5.41) is 0. The van der Waals surface area contributed by atoms with Crippen LogP contribution in [0.25, 0.3) is 0 Å². The van der Waals surface area contributed by atoms with Crippen LogP contribution < -0.4 is 4.72 Å². The zero-order chi connectivity index (χ0) is 15.4. The van der Waals surface area contributed by atoms with E-state index < -0.39 is 10.0 Å². The van der Waals surface area contributed by atoms with E-state index in [1.54, 1.807) is 30.3 Å². The van der Waals surface area contributed by atoms with Crippen LogP contribution in [0.1, 0.15) is 24.6 Å². The van der Waals surface area contributed by atoms with Crippen molar-refractivity contribution in [2.45, 2.75) is 23.7 Å². The molecule has 116 valence electrons. The molecule has 22 heavy (non-hydrogen) atoms. The number of aromatic nitrogens is 2. The Morgan fingerprint density at radius 2 is 1.68 bits per heavy atom. The summed E-state index contributed by atoms with van der Waals surface area (Å²) >= 11 is 0. The van der Waals surface area contributed by atoms with Gasteiger partial charge >= 0.3 is 0 Å². The molecule has 0 radical (unpaired) electrons. The number of anilines is 1. The van der Waals surface area contributed by atoms with Crippen molar-refractivity contribution < 1.29 is 13.2 Å². The van der Waals surface area contributed by atoms with Crippen LogP contribution in [0.4, 0.5) is 5.69 Å². The fraction of sp³-hybridized carbons (Fsp3) is 0.333. The van der Waals surface area contributed by atoms with Gasteiger partial charge in [-0.05, 0) is 25.0 Å². The van der Waals surface area contributed by atoms with E-state index in [-0.39, 0.29) is 10.8 Å². The van der Waals surface area contributed by atoms with E-state index in [2.05, 4.69) is 14.7 Å². The molecule has 1 aliphatic rings. The van der Waals surface area contributed by atoms with Gasteiger partial charge < -0.3 is 4.74 Å². The standard InChI is InChI=1S/C15H17N3O3S/c19-22(20,14-4-2-1-3-5-14)18-13-10-16-15(17-11-13)12-6-8-21-9-7-12/h1-5,10-12,18H,6-9H2. The van der Waals surface area contributed by atoms with Crippen LogP contribution in [0, 0.1) is 0 Å². The van der Waals surface area contributed by atoms with E-state index in [0.29, 0.717) is 5.69 Å². The van der Waals surface area contributed by atoms with Crippen molar-refractivity contribution >= 4 is 15.7 Å². The minimum absolute atomic E-state index is 0.212. The van der Waals surface area contributed by atoms with Crippen LogP contribution in [0.15, 0.2) is 47.6 Å². The Kier molecular flexibility index (Phi) is 4.35. The molecule has 2 heterocycles. The predicted octanol–water partition coefficient (Wildman–Crippen LogP) is 2.17. The number of rotatable bonds is 4. The van der Waals surface area contributed by atoms with Crippen molar-refractivity contribution in [3.63, 3.8) is 0 Å². The van der Waals surface area contributed by atoms with Gasteiger partial charge in [0.2, 0.25) is 0 Å². The monoisotopic (exact) mass is 319 g/mol. The summed E-state index contributed by atoms with van der Waals surface area (Å²) < 4.78 is 32.2. The highest BCUT2D eigenvalue weighted by atomic mass is 32.2. The molecule has 1 saturated heterocycles. The Bertz CT molecular complexity index is 711. The molecule has 6 nitrogen and oxygen atoms in total. The van der Waals surface area contributed by atoms with Crippen LogP contribution in [-0.4, -0.2) is 31.6 Å². The third kappa shape index (κ3) is 3.42. The van der Waals surface area contributed by atoms with E-state index >= 15 is 0 Å². The minimum Gasteiger partial charge on any atom is -0.381 e. The van der Waals surface area contributed by atoms with Crippen LogP contribution in [0.3, 0.4) is 0 Å². The van der Waals surface area contributed by atoms with Crippen LogP contribution in [-0.2, 0) is 14.8 Å². The van der Waals surface area contributed by atoms with Crippen LogP contribution in [0.5, 0.6) is 0 Å². The number of ether oxygens (including phenoxy) is 1. The molecule has 0 amide bonds. The van der Waals surface area contributed by atoms with Crippen molar-refractivity contribution in [1.29, 1.82) is 0 Å². The molecule has 1 N–H and O–H groups in total. The Labute approximate surface area is 129 Å². The average Bonchev–Trinajstić information content (AvgIpc) is 2.57. The minimum atomic E-state index is -3.60. The van der Waals surface area contributed by atoms with Crippen LogP contribution >= 0.6 is 0 Å². The summed E-state index contributed by atoms with van der Waals surface area (Å²) in [6.07, 6.45) is 4.82. The van der Waals surface area contributed by atoms with Gasteiger partial charge in [0.05, 0.1) is 23.0 Å². The highest BCUT2D eigenvalue weighted by Crippen LogP contribution is 2.24. The quantitative estimate of drug-likeness (QED) is 0.934. The lowest BCUT2D eigenvalue weighted by Crippen LogP contribution is -2.17. The van der Waals surface area contributed by atoms with Gasteiger partial charge in [0.15, 0.2) is 0 Å². The molecule has 0 unspecified atom stereocenters. The zero-order valence-electron chi connectivity index (χ0n) is 12.0. The number of benzene rings is 1. The number of nitrogens with one attached hydrogen (secondary N) is 1. The summed E-state index contributed by atoms with van der Waals surface area (Å²) in [5.41, 5.74) is 0.361. The second-order valence-electron chi connectivity index (χ2n) is 5.14. The fourth-order valence-electron chi connectivity index (χ4n) is 2.37. The number of nitrogens with zero attached hydrogens (tertiary/aromatic N) is 2. The molecule has 0 spiro atoms. The lowest BCUT2D eigenvalue weighted by molar-refractivity contribution is 0.0836. The van der Waals surface area contributed by atoms with Gasteiger partial charge in [0.25, 0.3) is 10.0 Å². The summed E-state index contributed by atoms with van der Waals surface area (Å²) in [4.78, 5) is 8.78. The first-order valence-corrected chi connectivity index (χ1v) is 8.61. The molecule has 7 heteroatoms. The Balaban J connectivity index is 1.73. The second kappa shape index (κ2) is 6.41. The van der Waals surface area contributed by atoms with E-state index in [1.807, 2.05) is 0 Å². The van der Waals surface area contributed by atoms with Gasteiger partial charge in [0.1, 0.15) is 5.82 Å². The molecule has 0 saturated carbocycles. The average molecular weight is 319 g/mol. The van der Waals surface area contributed by atoms with E-state index in [9.17, 15) is 8.42 Å². The molecule has 1 fully saturated rings. The molecular formula is C15H17N3O3S. The van der Waals surface area contributed by atoms with E-state index in [1.165, 1.54) is 12.4 Å². The summed E-state index contributed by atoms with van der Waals surface area (Å²) in [6, 6.07) is 8.21. The smallest absolute Gasteiger partial charge is 0.261 e. The number of sulfonamides is 1. The van der Waals surface area contributed by atoms with Gasteiger partial charge in [-0.15, -0.1) is 0 Å². The Hall–Kier alpha value is -1.99. The third-order valence-corrected chi connectivity index (χ3v) is 4.96. The van der Waals surface area contributed by atoms with Crippen molar-refractivity contribution in [3.05, 3.63) is 48.5 Å². The summed E-state index contributed by atoms with van der Waals surface area (Å²) in [5.74, 6) is 1.03. The summed E-state index contributed by atoms with van der Waals surface area (Å²) in [6.45, 7) is 1.44. The molecule has 3 rings (SSSR count). The van der Waals surface area contributed by atoms with Crippen molar-refractivity contribution in [2.24, 2.45) is 0 Å². The molecule has 0 aliphatic carbocycles. The van der Waals surface area contributed by atoms with Gasteiger partial charge in [-0.25, -0.2) is 18.4 Å². The van der Waals surface area contributed by atoms with Crippen molar-refractivity contribution in [3.8, 4) is 0 Å². The van der Waals surface area contributed by atoms with Crippen LogP contribution in [0.2, 0.25) is 0 Å². The molecular weight excluding hydrogens is 302 g/mol. The van der Waals surface area contributed by atoms with Gasteiger partial charge in [-0.1, -0.05) is 18.2 Å². The van der Waals surface area contributed by atoms with Gasteiger partial charge in [-0.2, -0.15) is 0 Å². The van der Waals surface area contributed by atoms with Gasteiger partial charge in [-0.3, -0.25) is 4.72 Å². The Morgan fingerprint density at radius 1 is 1.05 bits per heavy atom. The van der Waals surface area contributed by atoms with E-state index in [4.69, 9.17) is 4.74 Å². The topological polar surface area (TPSA) is 81.2 Å². The molecule has 1 aromatic heterocycles. The zero-order valence-corrected chi connectivity index (χ0v) is 12.8. The first-order chi connectivity index (χ1) is 10.6. The molecule has 1 aromatic carbocycles. The maximum Gasteiger partial charge on any atom is 0.261 e. The Morgan fingerprint density at radius 3 is 2.32 bits per heavy atom.